The maximum Gasteiger partial charge on any atom is 0.332 e. The van der Waals surface area contributed by atoms with Crippen LogP contribution in [0.4, 0.5) is 11.8 Å². The summed E-state index contributed by atoms with van der Waals surface area (Å²) in [5, 5.41) is 13.4. The Morgan fingerprint density at radius 2 is 1.79 bits per heavy atom. The molecule has 4 heterocycles. The summed E-state index contributed by atoms with van der Waals surface area (Å²) in [6, 6.07) is 9.66. The Kier molecular flexibility index (Phi) is 9.03. The largest absolute Gasteiger partial charge is 0.480 e. The van der Waals surface area contributed by atoms with Gasteiger partial charge in [-0.25, -0.2) is 24.1 Å². The molecule has 43 heavy (non-hydrogen) atoms. The van der Waals surface area contributed by atoms with Crippen LogP contribution in [-0.4, -0.2) is 78.6 Å². The number of anilines is 2. The summed E-state index contributed by atoms with van der Waals surface area (Å²) in [5.74, 6) is -0.674. The number of nitrogens with one attached hydrogen (secondary N) is 2. The number of likely N-dealkylation sites (tertiary alicyclic amines) is 1. The first-order valence-electron chi connectivity index (χ1n) is 14.9. The molecule has 1 aliphatic rings. The molecule has 0 spiro atoms. The Balaban J connectivity index is 1.44. The first kappa shape index (κ1) is 29.7. The van der Waals surface area contributed by atoms with E-state index in [1.807, 2.05) is 30.6 Å². The minimum atomic E-state index is -1.05. The number of amides is 1. The molecule has 2 atom stereocenters. The average molecular weight is 587 g/mol. The third-order valence-corrected chi connectivity index (χ3v) is 8.04. The van der Waals surface area contributed by atoms with Crippen LogP contribution < -0.4 is 15.9 Å². The highest BCUT2D eigenvalue weighted by molar-refractivity contribution is 5.86. The molecule has 2 unspecified atom stereocenters. The highest BCUT2D eigenvalue weighted by atomic mass is 16.4. The van der Waals surface area contributed by atoms with Crippen LogP contribution in [0.25, 0.3) is 16.9 Å². The molecule has 5 rings (SSSR count). The smallest absolute Gasteiger partial charge is 0.332 e. The number of aliphatic carboxylic acids is 1. The van der Waals surface area contributed by atoms with E-state index in [1.54, 1.807) is 48.8 Å². The van der Waals surface area contributed by atoms with Crippen molar-refractivity contribution < 1.29 is 14.7 Å². The highest BCUT2D eigenvalue weighted by Crippen LogP contribution is 2.31. The van der Waals surface area contributed by atoms with Gasteiger partial charge in [-0.05, 0) is 62.9 Å². The molecule has 1 fully saturated rings. The summed E-state index contributed by atoms with van der Waals surface area (Å²) in [6.07, 6.45) is 5.95. The fourth-order valence-corrected chi connectivity index (χ4v) is 5.66. The second kappa shape index (κ2) is 13.1. The van der Waals surface area contributed by atoms with Gasteiger partial charge in [-0.3, -0.25) is 4.79 Å². The number of aromatic nitrogens is 5. The molecule has 1 amide bonds. The molecule has 3 aromatic heterocycles. The van der Waals surface area contributed by atoms with Crippen molar-refractivity contribution in [2.24, 2.45) is 0 Å². The van der Waals surface area contributed by atoms with Gasteiger partial charge in [0.15, 0.2) is 5.65 Å². The molecule has 1 saturated heterocycles. The molecule has 0 bridgehead atoms. The summed E-state index contributed by atoms with van der Waals surface area (Å²) >= 11 is 0. The Bertz CT molecular complexity index is 1640. The second-order valence-corrected chi connectivity index (χ2v) is 10.7. The number of carboxylic acids is 1. The van der Waals surface area contributed by atoms with E-state index in [-0.39, 0.29) is 18.0 Å². The highest BCUT2D eigenvalue weighted by Gasteiger charge is 2.31. The van der Waals surface area contributed by atoms with Crippen LogP contribution >= 0.6 is 0 Å². The van der Waals surface area contributed by atoms with Crippen molar-refractivity contribution in [1.29, 1.82) is 0 Å². The predicted molar refractivity (Wildman–Crippen MR) is 165 cm³/mol. The van der Waals surface area contributed by atoms with E-state index in [0.29, 0.717) is 53.7 Å². The van der Waals surface area contributed by atoms with Gasteiger partial charge in [-0.15, -0.1) is 0 Å². The Morgan fingerprint density at radius 3 is 2.44 bits per heavy atom. The van der Waals surface area contributed by atoms with Crippen LogP contribution in [0, 0.1) is 0 Å². The molecule has 0 saturated carbocycles. The van der Waals surface area contributed by atoms with Crippen LogP contribution in [0.5, 0.6) is 0 Å². The molecular weight excluding hydrogens is 548 g/mol. The van der Waals surface area contributed by atoms with Crippen LogP contribution in [0.15, 0.2) is 53.6 Å². The number of fused-ring (bicyclic) bond motifs is 1. The van der Waals surface area contributed by atoms with Gasteiger partial charge >= 0.3 is 11.7 Å². The first-order valence-corrected chi connectivity index (χ1v) is 14.9. The molecule has 12 nitrogen and oxygen atoms in total. The van der Waals surface area contributed by atoms with E-state index in [9.17, 15) is 19.5 Å². The van der Waals surface area contributed by atoms with E-state index in [2.05, 4.69) is 20.3 Å². The lowest BCUT2D eigenvalue weighted by molar-refractivity contribution is -0.138. The molecular formula is C31H38N8O4. The van der Waals surface area contributed by atoms with E-state index in [4.69, 9.17) is 4.98 Å². The summed E-state index contributed by atoms with van der Waals surface area (Å²) in [6.45, 7) is 8.78. The zero-order valence-corrected chi connectivity index (χ0v) is 24.8. The maximum atomic E-state index is 13.5. The number of H-pyrrole nitrogens is 1. The van der Waals surface area contributed by atoms with Gasteiger partial charge in [-0.1, -0.05) is 19.1 Å². The zero-order chi connectivity index (χ0) is 30.5. The third kappa shape index (κ3) is 6.23. The van der Waals surface area contributed by atoms with Gasteiger partial charge in [0.05, 0.1) is 17.1 Å². The van der Waals surface area contributed by atoms with E-state index in [1.165, 1.54) is 4.57 Å². The number of pyridine rings is 1. The number of hydrogen-bond acceptors (Lipinski definition) is 8. The van der Waals surface area contributed by atoms with Crippen molar-refractivity contribution in [3.63, 3.8) is 0 Å². The number of nitrogens with zero attached hydrogens (tertiary/aromatic N) is 6. The second-order valence-electron chi connectivity index (χ2n) is 10.7. The molecule has 3 N–H and O–H groups in total. The number of carboxylic acid groups (broad SMARTS) is 1. The minimum absolute atomic E-state index is 0.0201. The van der Waals surface area contributed by atoms with Crippen LogP contribution in [0.3, 0.4) is 0 Å². The normalized spacial score (nSPS) is 14.5. The standard InChI is InChI=1S/C31H38N8O4/c1-4-22(28(40)38-16-7-8-17-38)23-19-33-30(37(5-2)6-3)36-26(23)34-25(29(41)42)18-20-11-13-21(14-12-20)39-27-24(35-31(39)43)10-9-15-32-27/h9-15,19,22,25H,4-8,16-18H2,1-3H3,(H,35,43)(H,41,42)(H,33,34,36). The van der Waals surface area contributed by atoms with E-state index >= 15 is 0 Å². The number of aromatic amines is 1. The van der Waals surface area contributed by atoms with Crippen LogP contribution in [0.2, 0.25) is 0 Å². The fraction of sp³-hybridized carbons (Fsp3) is 0.419. The number of carbonyl (C=O) groups excluding carboxylic acids is 1. The molecule has 1 aromatic carbocycles. The predicted octanol–water partition coefficient (Wildman–Crippen LogP) is 3.57. The zero-order valence-electron chi connectivity index (χ0n) is 24.8. The van der Waals surface area contributed by atoms with Gasteiger partial charge in [0, 0.05) is 50.6 Å². The van der Waals surface area contributed by atoms with Crippen molar-refractivity contribution in [3.8, 4) is 5.69 Å². The number of carbonyl (C=O) groups is 2. The minimum Gasteiger partial charge on any atom is -0.480 e. The maximum absolute atomic E-state index is 13.5. The van der Waals surface area contributed by atoms with E-state index < -0.39 is 17.9 Å². The van der Waals surface area contributed by atoms with Crippen molar-refractivity contribution in [2.75, 3.05) is 36.4 Å². The van der Waals surface area contributed by atoms with Gasteiger partial charge in [-0.2, -0.15) is 4.98 Å². The molecule has 226 valence electrons. The SMILES string of the molecule is CCC(C(=O)N1CCCC1)c1cnc(N(CC)CC)nc1NC(Cc1ccc(-n2c(=O)[nH]c3cccnc32)cc1)C(=O)O. The van der Waals surface area contributed by atoms with Crippen molar-refractivity contribution in [2.45, 2.75) is 58.4 Å². The van der Waals surface area contributed by atoms with Crippen LogP contribution in [0.1, 0.15) is 57.1 Å². The number of benzene rings is 1. The van der Waals surface area contributed by atoms with Crippen molar-refractivity contribution in [1.82, 2.24) is 29.4 Å². The van der Waals surface area contributed by atoms with Gasteiger partial charge in [0.25, 0.3) is 0 Å². The quantitative estimate of drug-likeness (QED) is 0.226. The van der Waals surface area contributed by atoms with Gasteiger partial charge < -0.3 is 25.2 Å². The summed E-state index contributed by atoms with van der Waals surface area (Å²) < 4.78 is 1.48. The topological polar surface area (TPSA) is 149 Å². The number of hydrogen-bond donors (Lipinski definition) is 3. The number of rotatable bonds is 12. The Labute approximate surface area is 249 Å². The Morgan fingerprint density at radius 1 is 1.07 bits per heavy atom. The van der Waals surface area contributed by atoms with Crippen LogP contribution in [-0.2, 0) is 16.0 Å². The average Bonchev–Trinajstić information content (AvgIpc) is 3.67. The monoisotopic (exact) mass is 586 g/mol. The van der Waals surface area contributed by atoms with Gasteiger partial charge in [0.1, 0.15) is 11.9 Å². The van der Waals surface area contributed by atoms with Gasteiger partial charge in [0.2, 0.25) is 11.9 Å². The lowest BCUT2D eigenvalue weighted by atomic mass is 9.96. The number of imidazole rings is 1. The lowest BCUT2D eigenvalue weighted by Crippen LogP contribution is -2.35. The molecule has 4 aromatic rings. The molecule has 0 radical (unpaired) electrons. The molecule has 1 aliphatic heterocycles. The Hall–Kier alpha value is -4.74. The fourth-order valence-electron chi connectivity index (χ4n) is 5.66. The summed E-state index contributed by atoms with van der Waals surface area (Å²) in [5.41, 5.74) is 2.81. The molecule has 0 aliphatic carbocycles. The molecule has 12 heteroatoms. The van der Waals surface area contributed by atoms with Crippen molar-refractivity contribution in [3.05, 3.63) is 70.4 Å². The lowest BCUT2D eigenvalue weighted by Gasteiger charge is -2.26. The summed E-state index contributed by atoms with van der Waals surface area (Å²) in [7, 11) is 0. The third-order valence-electron chi connectivity index (χ3n) is 8.04. The first-order chi connectivity index (χ1) is 20.8. The summed E-state index contributed by atoms with van der Waals surface area (Å²) in [4.78, 5) is 58.9. The van der Waals surface area contributed by atoms with Crippen molar-refractivity contribution >= 4 is 34.8 Å². The van der Waals surface area contributed by atoms with E-state index in [0.717, 1.165) is 31.5 Å².